The van der Waals surface area contributed by atoms with Crippen LogP contribution in [0.15, 0.2) is 15.6 Å². The van der Waals surface area contributed by atoms with E-state index in [9.17, 15) is 0 Å². The van der Waals surface area contributed by atoms with Crippen molar-refractivity contribution in [2.24, 2.45) is 10.9 Å². The Hall–Kier alpha value is -1.52. The molecule has 0 saturated carbocycles. The molecule has 5 heteroatoms. The van der Waals surface area contributed by atoms with E-state index in [4.69, 9.17) is 4.52 Å². The number of unbranched alkanes of at least 4 members (excludes halogenated alkanes) is 1. The topological polar surface area (TPSA) is 62.5 Å². The lowest BCUT2D eigenvalue weighted by atomic mass is 9.99. The third-order valence-corrected chi connectivity index (χ3v) is 3.92. The van der Waals surface area contributed by atoms with Crippen LogP contribution in [0, 0.1) is 5.92 Å². The summed E-state index contributed by atoms with van der Waals surface area (Å²) in [5, 5.41) is 10.8. The van der Waals surface area contributed by atoms with Crippen LogP contribution in [0.5, 0.6) is 0 Å². The van der Waals surface area contributed by atoms with Gasteiger partial charge in [-0.3, -0.25) is 4.99 Å². The highest BCUT2D eigenvalue weighted by Gasteiger charge is 2.09. The molecule has 1 aromatic rings. The lowest BCUT2D eigenvalue weighted by molar-refractivity contribution is 0.371. The Morgan fingerprint density at radius 1 is 1.32 bits per heavy atom. The summed E-state index contributed by atoms with van der Waals surface area (Å²) in [6, 6.07) is 2.00. The Kier molecular flexibility index (Phi) is 8.63. The molecule has 2 N–H and O–H groups in total. The van der Waals surface area contributed by atoms with Gasteiger partial charge in [-0.05, 0) is 18.3 Å². The van der Waals surface area contributed by atoms with Crippen LogP contribution in [0.25, 0.3) is 0 Å². The van der Waals surface area contributed by atoms with Gasteiger partial charge in [-0.2, -0.15) is 0 Å². The maximum Gasteiger partial charge on any atom is 0.191 e. The Morgan fingerprint density at radius 2 is 2.09 bits per heavy atom. The quantitative estimate of drug-likeness (QED) is 0.539. The van der Waals surface area contributed by atoms with Crippen LogP contribution >= 0.6 is 0 Å². The average molecular weight is 308 g/mol. The molecule has 0 fully saturated rings. The van der Waals surface area contributed by atoms with Gasteiger partial charge in [0.2, 0.25) is 0 Å². The van der Waals surface area contributed by atoms with Crippen molar-refractivity contribution in [1.82, 2.24) is 15.8 Å². The maximum absolute atomic E-state index is 5.33. The summed E-state index contributed by atoms with van der Waals surface area (Å²) in [4.78, 5) is 4.26. The number of nitrogens with zero attached hydrogens (tertiary/aromatic N) is 2. The molecule has 0 aliphatic heterocycles. The zero-order valence-electron chi connectivity index (χ0n) is 14.8. The molecular formula is C17H32N4O. The lowest BCUT2D eigenvalue weighted by Gasteiger charge is -2.17. The Morgan fingerprint density at radius 3 is 2.64 bits per heavy atom. The number of aliphatic imine (C=N–C) groups is 1. The van der Waals surface area contributed by atoms with E-state index >= 15 is 0 Å². The summed E-state index contributed by atoms with van der Waals surface area (Å²) in [5.41, 5.74) is 0.991. The number of guanidine groups is 1. The van der Waals surface area contributed by atoms with Crippen LogP contribution < -0.4 is 10.6 Å². The highest BCUT2D eigenvalue weighted by Crippen LogP contribution is 2.14. The van der Waals surface area contributed by atoms with Gasteiger partial charge in [0.25, 0.3) is 0 Å². The first-order valence-corrected chi connectivity index (χ1v) is 8.50. The van der Waals surface area contributed by atoms with Crippen LogP contribution in [0.2, 0.25) is 0 Å². The van der Waals surface area contributed by atoms with E-state index in [0.717, 1.165) is 24.0 Å². The second-order valence-electron chi connectivity index (χ2n) is 6.10. The van der Waals surface area contributed by atoms with Gasteiger partial charge in [0.1, 0.15) is 0 Å². The van der Waals surface area contributed by atoms with E-state index in [1.54, 1.807) is 7.05 Å². The van der Waals surface area contributed by atoms with Gasteiger partial charge < -0.3 is 15.2 Å². The second kappa shape index (κ2) is 10.2. The van der Waals surface area contributed by atoms with Gasteiger partial charge in [-0.15, -0.1) is 0 Å². The number of nitrogens with one attached hydrogen (secondary N) is 2. The molecule has 0 aliphatic rings. The van der Waals surface area contributed by atoms with E-state index in [1.165, 1.54) is 25.7 Å². The second-order valence-corrected chi connectivity index (χ2v) is 6.10. The first-order chi connectivity index (χ1) is 10.6. The first-order valence-electron chi connectivity index (χ1n) is 8.50. The van der Waals surface area contributed by atoms with Crippen molar-refractivity contribution < 1.29 is 4.52 Å². The number of aromatic nitrogens is 1. The Bertz CT molecular complexity index is 440. The highest BCUT2D eigenvalue weighted by molar-refractivity contribution is 5.79. The molecule has 5 nitrogen and oxygen atoms in total. The lowest BCUT2D eigenvalue weighted by Crippen LogP contribution is -2.39. The molecule has 0 spiro atoms. The van der Waals surface area contributed by atoms with E-state index in [2.05, 4.69) is 48.5 Å². The van der Waals surface area contributed by atoms with Crippen molar-refractivity contribution in [3.05, 3.63) is 17.5 Å². The fourth-order valence-electron chi connectivity index (χ4n) is 2.26. The number of hydrogen-bond donors (Lipinski definition) is 2. The molecule has 0 aliphatic carbocycles. The minimum absolute atomic E-state index is 0.388. The molecule has 0 radical (unpaired) electrons. The van der Waals surface area contributed by atoms with E-state index < -0.39 is 0 Å². The SMILES string of the molecule is CCCCC(CC)CNC(=NC)NCc1cc(C(C)C)no1. The maximum atomic E-state index is 5.33. The van der Waals surface area contributed by atoms with Crippen LogP contribution in [0.4, 0.5) is 0 Å². The predicted octanol–water partition coefficient (Wildman–Crippen LogP) is 3.68. The minimum Gasteiger partial charge on any atom is -0.359 e. The minimum atomic E-state index is 0.388. The molecule has 0 amide bonds. The molecular weight excluding hydrogens is 276 g/mol. The van der Waals surface area contributed by atoms with Gasteiger partial charge >= 0.3 is 0 Å². The summed E-state index contributed by atoms with van der Waals surface area (Å²) >= 11 is 0. The predicted molar refractivity (Wildman–Crippen MR) is 92.1 cm³/mol. The molecule has 1 rings (SSSR count). The van der Waals surface area contributed by atoms with Gasteiger partial charge in [0, 0.05) is 19.7 Å². The summed E-state index contributed by atoms with van der Waals surface area (Å²) in [6.07, 6.45) is 5.02. The average Bonchev–Trinajstić information content (AvgIpc) is 2.99. The van der Waals surface area contributed by atoms with E-state index in [-0.39, 0.29) is 0 Å². The molecule has 0 aromatic carbocycles. The molecule has 126 valence electrons. The molecule has 0 saturated heterocycles. The van der Waals surface area contributed by atoms with Gasteiger partial charge in [0.15, 0.2) is 11.7 Å². The molecule has 1 heterocycles. The Balaban J connectivity index is 2.38. The monoisotopic (exact) mass is 308 g/mol. The van der Waals surface area contributed by atoms with Crippen molar-refractivity contribution in [1.29, 1.82) is 0 Å². The normalized spacial score (nSPS) is 13.5. The van der Waals surface area contributed by atoms with Crippen molar-refractivity contribution in [3.63, 3.8) is 0 Å². The zero-order chi connectivity index (χ0) is 16.4. The van der Waals surface area contributed by atoms with Crippen molar-refractivity contribution in [2.45, 2.75) is 65.8 Å². The highest BCUT2D eigenvalue weighted by atomic mass is 16.5. The van der Waals surface area contributed by atoms with E-state index in [0.29, 0.717) is 18.4 Å². The summed E-state index contributed by atoms with van der Waals surface area (Å²) in [5.74, 6) is 2.75. The largest absolute Gasteiger partial charge is 0.359 e. The summed E-state index contributed by atoms with van der Waals surface area (Å²) < 4.78 is 5.33. The smallest absolute Gasteiger partial charge is 0.191 e. The number of rotatable bonds is 9. The molecule has 1 unspecified atom stereocenters. The van der Waals surface area contributed by atoms with Crippen LogP contribution in [-0.4, -0.2) is 24.7 Å². The van der Waals surface area contributed by atoms with E-state index in [1.807, 2.05) is 6.07 Å². The van der Waals surface area contributed by atoms with Crippen LogP contribution in [0.1, 0.15) is 70.8 Å². The zero-order valence-corrected chi connectivity index (χ0v) is 14.8. The summed E-state index contributed by atoms with van der Waals surface area (Å²) in [7, 11) is 1.79. The first kappa shape index (κ1) is 18.5. The van der Waals surface area contributed by atoms with Crippen LogP contribution in [-0.2, 0) is 6.54 Å². The van der Waals surface area contributed by atoms with Gasteiger partial charge in [-0.25, -0.2) is 0 Å². The fourth-order valence-corrected chi connectivity index (χ4v) is 2.26. The van der Waals surface area contributed by atoms with Crippen molar-refractivity contribution in [2.75, 3.05) is 13.6 Å². The standard InChI is InChI=1S/C17H32N4O/c1-6-8-9-14(7-2)11-19-17(18-5)20-12-15-10-16(13(3)4)21-22-15/h10,13-14H,6-9,11-12H2,1-5H3,(H2,18,19,20). The van der Waals surface area contributed by atoms with Gasteiger partial charge in [0.05, 0.1) is 12.2 Å². The number of hydrogen-bond acceptors (Lipinski definition) is 3. The fraction of sp³-hybridized carbons (Fsp3) is 0.765. The third-order valence-electron chi connectivity index (χ3n) is 3.92. The summed E-state index contributed by atoms with van der Waals surface area (Å²) in [6.45, 7) is 10.3. The van der Waals surface area contributed by atoms with Gasteiger partial charge in [-0.1, -0.05) is 52.1 Å². The van der Waals surface area contributed by atoms with Crippen LogP contribution in [0.3, 0.4) is 0 Å². The Labute approximate surface area is 135 Å². The van der Waals surface area contributed by atoms with Crippen molar-refractivity contribution >= 4 is 5.96 Å². The third kappa shape index (κ3) is 6.50. The molecule has 22 heavy (non-hydrogen) atoms. The molecule has 1 aromatic heterocycles. The molecule has 1 atom stereocenters. The molecule has 0 bridgehead atoms. The van der Waals surface area contributed by atoms with Crippen molar-refractivity contribution in [3.8, 4) is 0 Å².